The van der Waals surface area contributed by atoms with Gasteiger partial charge in [-0.2, -0.15) is 0 Å². The Morgan fingerprint density at radius 1 is 1.28 bits per heavy atom. The number of hydrogen-bond acceptors (Lipinski definition) is 1. The van der Waals surface area contributed by atoms with Crippen LogP contribution in [0.2, 0.25) is 0 Å². The van der Waals surface area contributed by atoms with Gasteiger partial charge in [-0.05, 0) is 55.5 Å². The van der Waals surface area contributed by atoms with E-state index in [1.807, 2.05) is 12.1 Å². The zero-order chi connectivity index (χ0) is 13.0. The van der Waals surface area contributed by atoms with Crippen LogP contribution in [0.1, 0.15) is 31.2 Å². The normalized spacial score (nSPS) is 19.9. The first-order valence-electron chi connectivity index (χ1n) is 6.73. The SMILES string of the molecule is CC(CCl)CN1CCC(c2ccc(F)cc2)CC1. The first kappa shape index (κ1) is 13.8. The largest absolute Gasteiger partial charge is 0.303 e. The number of benzene rings is 1. The molecule has 0 N–H and O–H groups in total. The molecular weight excluding hydrogens is 249 g/mol. The highest BCUT2D eigenvalue weighted by molar-refractivity contribution is 6.18. The third-order valence-electron chi connectivity index (χ3n) is 3.76. The topological polar surface area (TPSA) is 3.24 Å². The van der Waals surface area contributed by atoms with E-state index in [0.717, 1.165) is 25.5 Å². The van der Waals surface area contributed by atoms with Crippen molar-refractivity contribution in [2.75, 3.05) is 25.5 Å². The molecule has 1 aromatic rings. The number of halogens is 2. The summed E-state index contributed by atoms with van der Waals surface area (Å²) < 4.78 is 12.9. The summed E-state index contributed by atoms with van der Waals surface area (Å²) in [6.07, 6.45) is 2.33. The number of nitrogens with zero attached hydrogens (tertiary/aromatic N) is 1. The molecule has 0 amide bonds. The van der Waals surface area contributed by atoms with E-state index in [4.69, 9.17) is 11.6 Å². The molecule has 0 spiro atoms. The Morgan fingerprint density at radius 2 is 1.89 bits per heavy atom. The summed E-state index contributed by atoms with van der Waals surface area (Å²) in [7, 11) is 0. The quantitative estimate of drug-likeness (QED) is 0.750. The zero-order valence-electron chi connectivity index (χ0n) is 10.9. The number of rotatable bonds is 4. The lowest BCUT2D eigenvalue weighted by atomic mass is 9.89. The van der Waals surface area contributed by atoms with Crippen molar-refractivity contribution in [3.05, 3.63) is 35.6 Å². The summed E-state index contributed by atoms with van der Waals surface area (Å²) in [5, 5.41) is 0. The highest BCUT2D eigenvalue weighted by Gasteiger charge is 2.21. The first-order chi connectivity index (χ1) is 8.69. The van der Waals surface area contributed by atoms with E-state index in [-0.39, 0.29) is 5.82 Å². The maximum atomic E-state index is 12.9. The third kappa shape index (κ3) is 3.69. The van der Waals surface area contributed by atoms with Crippen LogP contribution in [0.25, 0.3) is 0 Å². The van der Waals surface area contributed by atoms with Gasteiger partial charge in [-0.25, -0.2) is 4.39 Å². The van der Waals surface area contributed by atoms with E-state index in [1.165, 1.54) is 18.4 Å². The van der Waals surface area contributed by atoms with Crippen molar-refractivity contribution >= 4 is 11.6 Å². The van der Waals surface area contributed by atoms with Crippen LogP contribution in [-0.2, 0) is 0 Å². The second kappa shape index (κ2) is 6.53. The number of piperidine rings is 1. The summed E-state index contributed by atoms with van der Waals surface area (Å²) in [5.74, 6) is 1.74. The molecule has 0 radical (unpaired) electrons. The van der Waals surface area contributed by atoms with Crippen LogP contribution in [0, 0.1) is 11.7 Å². The fraction of sp³-hybridized carbons (Fsp3) is 0.600. The summed E-state index contributed by atoms with van der Waals surface area (Å²) in [6, 6.07) is 6.99. The van der Waals surface area contributed by atoms with Gasteiger partial charge in [-0.15, -0.1) is 11.6 Å². The van der Waals surface area contributed by atoms with E-state index >= 15 is 0 Å². The number of likely N-dealkylation sites (tertiary alicyclic amines) is 1. The highest BCUT2D eigenvalue weighted by Crippen LogP contribution is 2.28. The highest BCUT2D eigenvalue weighted by atomic mass is 35.5. The lowest BCUT2D eigenvalue weighted by molar-refractivity contribution is 0.193. The van der Waals surface area contributed by atoms with Gasteiger partial charge >= 0.3 is 0 Å². The molecule has 1 atom stereocenters. The minimum atomic E-state index is -0.146. The summed E-state index contributed by atoms with van der Waals surface area (Å²) >= 11 is 5.85. The lowest BCUT2D eigenvalue weighted by Gasteiger charge is -2.33. The molecule has 1 fully saturated rings. The van der Waals surface area contributed by atoms with Gasteiger partial charge in [-0.3, -0.25) is 0 Å². The lowest BCUT2D eigenvalue weighted by Crippen LogP contribution is -2.36. The molecule has 18 heavy (non-hydrogen) atoms. The van der Waals surface area contributed by atoms with Crippen molar-refractivity contribution in [1.29, 1.82) is 0 Å². The van der Waals surface area contributed by atoms with Crippen molar-refractivity contribution in [2.45, 2.75) is 25.7 Å². The Labute approximate surface area is 114 Å². The maximum absolute atomic E-state index is 12.9. The fourth-order valence-electron chi connectivity index (χ4n) is 2.67. The van der Waals surface area contributed by atoms with Gasteiger partial charge in [0, 0.05) is 12.4 Å². The number of hydrogen-bond donors (Lipinski definition) is 0. The molecule has 0 aliphatic carbocycles. The molecule has 1 unspecified atom stereocenters. The molecule has 1 aromatic carbocycles. The second-order valence-corrected chi connectivity index (χ2v) is 5.69. The Hall–Kier alpha value is -0.600. The summed E-state index contributed by atoms with van der Waals surface area (Å²) in [5.41, 5.74) is 1.28. The molecule has 1 heterocycles. The van der Waals surface area contributed by atoms with Crippen LogP contribution in [-0.4, -0.2) is 30.4 Å². The van der Waals surface area contributed by atoms with Gasteiger partial charge in [0.25, 0.3) is 0 Å². The molecule has 0 saturated carbocycles. The molecule has 1 nitrogen and oxygen atoms in total. The van der Waals surface area contributed by atoms with Crippen LogP contribution in [0.15, 0.2) is 24.3 Å². The standard InChI is InChI=1S/C15H21ClFN/c1-12(10-16)11-18-8-6-14(7-9-18)13-2-4-15(17)5-3-13/h2-5,12,14H,6-11H2,1H3. The van der Waals surface area contributed by atoms with Crippen LogP contribution < -0.4 is 0 Å². The summed E-state index contributed by atoms with van der Waals surface area (Å²) in [4.78, 5) is 2.49. The van der Waals surface area contributed by atoms with Crippen LogP contribution in [0.4, 0.5) is 4.39 Å². The van der Waals surface area contributed by atoms with Gasteiger partial charge in [0.15, 0.2) is 0 Å². The molecule has 1 aliphatic heterocycles. The molecule has 3 heteroatoms. The van der Waals surface area contributed by atoms with Gasteiger partial charge in [0.05, 0.1) is 0 Å². The van der Waals surface area contributed by atoms with Gasteiger partial charge in [0.1, 0.15) is 5.82 Å². The minimum Gasteiger partial charge on any atom is -0.303 e. The second-order valence-electron chi connectivity index (χ2n) is 5.39. The van der Waals surface area contributed by atoms with Crippen molar-refractivity contribution in [2.24, 2.45) is 5.92 Å². The van der Waals surface area contributed by atoms with Crippen LogP contribution >= 0.6 is 11.6 Å². The average Bonchev–Trinajstić information content (AvgIpc) is 2.40. The van der Waals surface area contributed by atoms with E-state index in [9.17, 15) is 4.39 Å². The summed E-state index contributed by atoms with van der Waals surface area (Å²) in [6.45, 7) is 5.55. The predicted molar refractivity (Wildman–Crippen MR) is 74.7 cm³/mol. The first-order valence-corrected chi connectivity index (χ1v) is 7.26. The molecule has 0 bridgehead atoms. The van der Waals surface area contributed by atoms with Crippen LogP contribution in [0.3, 0.4) is 0 Å². The minimum absolute atomic E-state index is 0.146. The van der Waals surface area contributed by atoms with Gasteiger partial charge in [0.2, 0.25) is 0 Å². The van der Waals surface area contributed by atoms with Gasteiger partial charge < -0.3 is 4.90 Å². The smallest absolute Gasteiger partial charge is 0.123 e. The Bertz CT molecular complexity index is 357. The Morgan fingerprint density at radius 3 is 2.44 bits per heavy atom. The Balaban J connectivity index is 1.84. The van der Waals surface area contributed by atoms with Gasteiger partial charge in [-0.1, -0.05) is 19.1 Å². The third-order valence-corrected chi connectivity index (χ3v) is 4.29. The van der Waals surface area contributed by atoms with E-state index in [0.29, 0.717) is 11.8 Å². The van der Waals surface area contributed by atoms with Crippen LogP contribution in [0.5, 0.6) is 0 Å². The molecule has 1 aliphatic rings. The average molecular weight is 270 g/mol. The number of alkyl halides is 1. The van der Waals surface area contributed by atoms with E-state index in [2.05, 4.69) is 11.8 Å². The maximum Gasteiger partial charge on any atom is 0.123 e. The van der Waals surface area contributed by atoms with Crippen molar-refractivity contribution in [3.8, 4) is 0 Å². The van der Waals surface area contributed by atoms with E-state index in [1.54, 1.807) is 12.1 Å². The molecule has 1 saturated heterocycles. The zero-order valence-corrected chi connectivity index (χ0v) is 11.7. The molecular formula is C15H21ClFN. The monoisotopic (exact) mass is 269 g/mol. The van der Waals surface area contributed by atoms with Crippen molar-refractivity contribution < 1.29 is 4.39 Å². The van der Waals surface area contributed by atoms with Crippen molar-refractivity contribution in [3.63, 3.8) is 0 Å². The Kier molecular flexibility index (Phi) is 5.02. The molecule has 2 rings (SSSR count). The van der Waals surface area contributed by atoms with Crippen molar-refractivity contribution in [1.82, 2.24) is 4.90 Å². The van der Waals surface area contributed by atoms with E-state index < -0.39 is 0 Å². The molecule has 0 aromatic heterocycles. The molecule has 100 valence electrons. The fourth-order valence-corrected chi connectivity index (χ4v) is 2.77. The predicted octanol–water partition coefficient (Wildman–Crippen LogP) is 3.88.